The molecule has 1 saturated heterocycles. The van der Waals surface area contributed by atoms with Gasteiger partial charge in [-0.3, -0.25) is 5.43 Å². The smallest absolute Gasteiger partial charge is 0.214 e. The minimum absolute atomic E-state index is 0.597. The zero-order valence-electron chi connectivity index (χ0n) is 11.0. The summed E-state index contributed by atoms with van der Waals surface area (Å²) in [5.74, 6) is 0.597. The van der Waals surface area contributed by atoms with Gasteiger partial charge in [0.2, 0.25) is 5.96 Å². The Labute approximate surface area is 109 Å². The summed E-state index contributed by atoms with van der Waals surface area (Å²) in [6.07, 6.45) is 5.02. The van der Waals surface area contributed by atoms with Crippen molar-refractivity contribution in [3.63, 3.8) is 0 Å². The maximum Gasteiger partial charge on any atom is 0.214 e. The number of nitrogens with one attached hydrogen (secondary N) is 1. The van der Waals surface area contributed by atoms with Gasteiger partial charge in [0.1, 0.15) is 0 Å². The number of guanidine groups is 1. The number of nitrogens with two attached hydrogens (primary N) is 1. The van der Waals surface area contributed by atoms with E-state index in [1.165, 1.54) is 31.2 Å². The lowest BCUT2D eigenvalue weighted by molar-refractivity contribution is 0.429. The second-order valence-electron chi connectivity index (χ2n) is 4.80. The van der Waals surface area contributed by atoms with Gasteiger partial charge in [-0.05, 0) is 31.4 Å². The molecule has 0 radical (unpaired) electrons. The molecule has 1 heterocycles. The summed E-state index contributed by atoms with van der Waals surface area (Å²) in [5.41, 5.74) is 11.3. The summed E-state index contributed by atoms with van der Waals surface area (Å²) in [4.78, 5) is 2.16. The third kappa shape index (κ3) is 3.39. The first-order chi connectivity index (χ1) is 8.77. The van der Waals surface area contributed by atoms with E-state index in [0.717, 1.165) is 18.8 Å². The van der Waals surface area contributed by atoms with Crippen LogP contribution in [0.5, 0.6) is 0 Å². The molecule has 1 fully saturated rings. The quantitative estimate of drug-likeness (QED) is 0.479. The Hall–Kier alpha value is -1.71. The number of hydrogen-bond acceptors (Lipinski definition) is 2. The first-order valence-electron chi connectivity index (χ1n) is 6.67. The lowest BCUT2D eigenvalue weighted by atomic mass is 10.2. The summed E-state index contributed by atoms with van der Waals surface area (Å²) in [5, 5.41) is 4.29. The van der Waals surface area contributed by atoms with Gasteiger partial charge in [-0.1, -0.05) is 31.0 Å². The van der Waals surface area contributed by atoms with E-state index in [1.54, 1.807) is 0 Å². The molecule has 0 aromatic heterocycles. The summed E-state index contributed by atoms with van der Waals surface area (Å²) < 4.78 is 0. The fourth-order valence-electron chi connectivity index (χ4n) is 2.19. The van der Waals surface area contributed by atoms with Gasteiger partial charge < -0.3 is 10.6 Å². The molecule has 2 rings (SSSR count). The normalized spacial score (nSPS) is 17.4. The minimum Gasteiger partial charge on any atom is -0.368 e. The summed E-state index contributed by atoms with van der Waals surface area (Å²) in [6, 6.07) is 8.07. The van der Waals surface area contributed by atoms with Crippen LogP contribution >= 0.6 is 0 Å². The maximum atomic E-state index is 6.03. The highest BCUT2D eigenvalue weighted by atomic mass is 15.4. The lowest BCUT2D eigenvalue weighted by Gasteiger charge is -2.21. The summed E-state index contributed by atoms with van der Waals surface area (Å²) in [6.45, 7) is 4.09. The standard InChI is InChI=1S/C14H22N4/c1-12-8-4-5-9-13(12)16-17-14(15)18-10-6-2-3-7-11-18/h4-5,8-9,16H,2-3,6-7,10-11H2,1H3,(H2,15,17). The van der Waals surface area contributed by atoms with E-state index < -0.39 is 0 Å². The zero-order valence-corrected chi connectivity index (χ0v) is 11.0. The molecule has 4 heteroatoms. The van der Waals surface area contributed by atoms with Crippen molar-refractivity contribution in [2.75, 3.05) is 18.5 Å². The van der Waals surface area contributed by atoms with Crippen LogP contribution in [-0.4, -0.2) is 23.9 Å². The van der Waals surface area contributed by atoms with E-state index in [1.807, 2.05) is 18.2 Å². The number of hydrazone groups is 1. The Balaban J connectivity index is 1.97. The Morgan fingerprint density at radius 1 is 1.17 bits per heavy atom. The fourth-order valence-corrected chi connectivity index (χ4v) is 2.19. The van der Waals surface area contributed by atoms with Gasteiger partial charge in [0.05, 0.1) is 5.69 Å². The van der Waals surface area contributed by atoms with E-state index in [2.05, 4.69) is 28.4 Å². The molecule has 3 N–H and O–H groups in total. The van der Waals surface area contributed by atoms with Crippen LogP contribution in [0.1, 0.15) is 31.2 Å². The second kappa shape index (κ2) is 6.28. The number of rotatable bonds is 2. The average Bonchev–Trinajstić information content (AvgIpc) is 2.66. The van der Waals surface area contributed by atoms with Crippen molar-refractivity contribution >= 4 is 11.6 Å². The Morgan fingerprint density at radius 2 is 1.83 bits per heavy atom. The Morgan fingerprint density at radius 3 is 2.50 bits per heavy atom. The maximum absolute atomic E-state index is 6.03. The molecule has 1 aromatic carbocycles. The summed E-state index contributed by atoms with van der Waals surface area (Å²) >= 11 is 0. The predicted octanol–water partition coefficient (Wildman–Crippen LogP) is 2.51. The fraction of sp³-hybridized carbons (Fsp3) is 0.500. The van der Waals surface area contributed by atoms with Crippen molar-refractivity contribution in [3.8, 4) is 0 Å². The minimum atomic E-state index is 0.597. The van der Waals surface area contributed by atoms with Crippen LogP contribution in [0.3, 0.4) is 0 Å². The van der Waals surface area contributed by atoms with Gasteiger partial charge in [0, 0.05) is 13.1 Å². The van der Waals surface area contributed by atoms with Gasteiger partial charge in [-0.2, -0.15) is 0 Å². The predicted molar refractivity (Wildman–Crippen MR) is 76.5 cm³/mol. The van der Waals surface area contributed by atoms with Crippen LogP contribution in [-0.2, 0) is 0 Å². The summed E-state index contributed by atoms with van der Waals surface area (Å²) in [7, 11) is 0. The molecule has 0 saturated carbocycles. The van der Waals surface area contributed by atoms with Gasteiger partial charge in [-0.15, -0.1) is 5.10 Å². The number of benzene rings is 1. The number of anilines is 1. The molecule has 0 atom stereocenters. The largest absolute Gasteiger partial charge is 0.368 e. The van der Waals surface area contributed by atoms with Crippen molar-refractivity contribution in [1.29, 1.82) is 0 Å². The molecule has 1 aliphatic rings. The average molecular weight is 246 g/mol. The number of hydrogen-bond donors (Lipinski definition) is 2. The number of aryl methyl sites for hydroxylation is 1. The van der Waals surface area contributed by atoms with Gasteiger partial charge >= 0.3 is 0 Å². The molecule has 0 unspecified atom stereocenters. The molecular weight excluding hydrogens is 224 g/mol. The van der Waals surface area contributed by atoms with Crippen LogP contribution < -0.4 is 11.2 Å². The second-order valence-corrected chi connectivity index (χ2v) is 4.80. The van der Waals surface area contributed by atoms with Crippen LogP contribution in [0, 0.1) is 6.92 Å². The number of nitrogens with zero attached hydrogens (tertiary/aromatic N) is 2. The Kier molecular flexibility index (Phi) is 4.45. The highest BCUT2D eigenvalue weighted by Gasteiger charge is 2.10. The monoisotopic (exact) mass is 246 g/mol. The first kappa shape index (κ1) is 12.7. The zero-order chi connectivity index (χ0) is 12.8. The van der Waals surface area contributed by atoms with Crippen LogP contribution in [0.15, 0.2) is 29.4 Å². The van der Waals surface area contributed by atoms with E-state index >= 15 is 0 Å². The highest BCUT2D eigenvalue weighted by Crippen LogP contribution is 2.13. The molecule has 98 valence electrons. The van der Waals surface area contributed by atoms with Crippen LogP contribution in [0.2, 0.25) is 0 Å². The molecule has 0 bridgehead atoms. The van der Waals surface area contributed by atoms with Crippen molar-refractivity contribution in [2.45, 2.75) is 32.6 Å². The highest BCUT2D eigenvalue weighted by molar-refractivity contribution is 5.79. The Bertz CT molecular complexity index is 406. The van der Waals surface area contributed by atoms with E-state index in [9.17, 15) is 0 Å². The van der Waals surface area contributed by atoms with Gasteiger partial charge in [0.25, 0.3) is 0 Å². The molecule has 1 aromatic rings. The van der Waals surface area contributed by atoms with E-state index in [0.29, 0.717) is 5.96 Å². The third-order valence-corrected chi connectivity index (χ3v) is 3.37. The van der Waals surface area contributed by atoms with Crippen LogP contribution in [0.4, 0.5) is 5.69 Å². The molecule has 4 nitrogen and oxygen atoms in total. The van der Waals surface area contributed by atoms with Crippen LogP contribution in [0.25, 0.3) is 0 Å². The van der Waals surface area contributed by atoms with Crippen molar-refractivity contribution in [2.24, 2.45) is 10.8 Å². The number of para-hydroxylation sites is 1. The first-order valence-corrected chi connectivity index (χ1v) is 6.67. The molecule has 0 aliphatic carbocycles. The molecule has 0 spiro atoms. The lowest BCUT2D eigenvalue weighted by Crippen LogP contribution is -2.38. The van der Waals surface area contributed by atoms with Gasteiger partial charge in [0.15, 0.2) is 0 Å². The SMILES string of the molecule is Cc1ccccc1N/N=C(\N)N1CCCCCC1. The molecule has 0 amide bonds. The third-order valence-electron chi connectivity index (χ3n) is 3.37. The van der Waals surface area contributed by atoms with Gasteiger partial charge in [-0.25, -0.2) is 0 Å². The van der Waals surface area contributed by atoms with E-state index in [4.69, 9.17) is 5.73 Å². The van der Waals surface area contributed by atoms with Crippen molar-refractivity contribution in [3.05, 3.63) is 29.8 Å². The van der Waals surface area contributed by atoms with Crippen molar-refractivity contribution in [1.82, 2.24) is 4.90 Å². The van der Waals surface area contributed by atoms with Crippen molar-refractivity contribution < 1.29 is 0 Å². The number of likely N-dealkylation sites (tertiary alicyclic amines) is 1. The topological polar surface area (TPSA) is 53.6 Å². The molecular formula is C14H22N4. The molecule has 1 aliphatic heterocycles. The van der Waals surface area contributed by atoms with E-state index in [-0.39, 0.29) is 0 Å². The molecule has 18 heavy (non-hydrogen) atoms.